The van der Waals surface area contributed by atoms with Crippen molar-refractivity contribution >= 4 is 47.3 Å². The summed E-state index contributed by atoms with van der Waals surface area (Å²) < 4.78 is 15.5. The lowest BCUT2D eigenvalue weighted by molar-refractivity contribution is -0.119. The van der Waals surface area contributed by atoms with E-state index in [-0.39, 0.29) is 5.82 Å². The van der Waals surface area contributed by atoms with E-state index in [0.29, 0.717) is 14.0 Å². The molecule has 0 saturated heterocycles. The number of nitrogens with zero attached hydrogens (tertiary/aromatic N) is 2. The number of rotatable bonds is 4. The van der Waals surface area contributed by atoms with Crippen LogP contribution in [0.25, 0.3) is 5.69 Å². The molecule has 6 nitrogen and oxygen atoms in total. The molecule has 2 aromatic rings. The first-order valence-corrected chi connectivity index (χ1v) is 8.56. The van der Waals surface area contributed by atoms with Crippen molar-refractivity contribution in [1.29, 1.82) is 0 Å². The second-order valence-electron chi connectivity index (χ2n) is 4.35. The average molecular weight is 372 g/mol. The zero-order valence-corrected chi connectivity index (χ0v) is 14.6. The number of benzene rings is 1. The first-order chi connectivity index (χ1) is 10.9. The Morgan fingerprint density at radius 3 is 2.65 bits per heavy atom. The topological polar surface area (TPSA) is 76.0 Å². The third kappa shape index (κ3) is 4.60. The van der Waals surface area contributed by atoms with Crippen molar-refractivity contribution < 1.29 is 14.0 Å². The van der Waals surface area contributed by atoms with Crippen molar-refractivity contribution in [3.63, 3.8) is 0 Å². The minimum atomic E-state index is -0.563. The maximum Gasteiger partial charge on any atom is 0.321 e. The van der Waals surface area contributed by atoms with E-state index < -0.39 is 17.2 Å². The quantitative estimate of drug-likeness (QED) is 0.638. The van der Waals surface area contributed by atoms with E-state index in [1.807, 2.05) is 0 Å². The van der Waals surface area contributed by atoms with Crippen molar-refractivity contribution in [2.24, 2.45) is 0 Å². The zero-order valence-electron chi connectivity index (χ0n) is 12.2. The second kappa shape index (κ2) is 7.66. The smallest absolute Gasteiger partial charge is 0.321 e. The fourth-order valence-corrected chi connectivity index (χ4v) is 4.04. The summed E-state index contributed by atoms with van der Waals surface area (Å²) in [6.07, 6.45) is 0. The molecule has 1 aromatic carbocycles. The van der Waals surface area contributed by atoms with Crippen LogP contribution in [0, 0.1) is 9.77 Å². The third-order valence-electron chi connectivity index (χ3n) is 2.71. The number of carbonyl (C=O) groups is 2. The zero-order chi connectivity index (χ0) is 17.0. The van der Waals surface area contributed by atoms with Gasteiger partial charge < -0.3 is 5.32 Å². The van der Waals surface area contributed by atoms with Gasteiger partial charge in [-0.3, -0.25) is 10.1 Å². The van der Waals surface area contributed by atoms with E-state index in [9.17, 15) is 14.0 Å². The van der Waals surface area contributed by atoms with Crippen molar-refractivity contribution in [3.05, 3.63) is 34.0 Å². The first-order valence-electron chi connectivity index (χ1n) is 6.46. The van der Waals surface area contributed by atoms with Gasteiger partial charge in [0, 0.05) is 7.05 Å². The monoisotopic (exact) mass is 372 g/mol. The number of aromatic nitrogens is 2. The Morgan fingerprint density at radius 2 is 2.04 bits per heavy atom. The van der Waals surface area contributed by atoms with E-state index in [4.69, 9.17) is 12.2 Å². The lowest BCUT2D eigenvalue weighted by Gasteiger charge is -2.08. The molecular formula is C13H13FN4O2S3. The highest BCUT2D eigenvalue weighted by Gasteiger charge is 2.19. The average Bonchev–Trinajstić information content (AvgIpc) is 2.88. The SMILES string of the molecule is CNC(=O)NC(=O)[C@@H](C)Sc1nn(-c2ccc(F)cc2)c(=S)s1. The number of imide groups is 1. The Hall–Kier alpha value is -1.78. The van der Waals surface area contributed by atoms with Crippen LogP contribution in [0.3, 0.4) is 0 Å². The van der Waals surface area contributed by atoms with Gasteiger partial charge in [0.2, 0.25) is 5.91 Å². The number of nitrogens with one attached hydrogen (secondary N) is 2. The van der Waals surface area contributed by atoms with Gasteiger partial charge in [-0.25, -0.2) is 13.9 Å². The van der Waals surface area contributed by atoms with Crippen molar-refractivity contribution in [2.75, 3.05) is 7.05 Å². The number of amides is 3. The summed E-state index contributed by atoms with van der Waals surface area (Å²) in [7, 11) is 1.43. The fraction of sp³-hybridized carbons (Fsp3) is 0.231. The van der Waals surface area contributed by atoms with E-state index in [2.05, 4.69) is 15.7 Å². The molecule has 2 rings (SSSR count). The van der Waals surface area contributed by atoms with Crippen molar-refractivity contribution in [1.82, 2.24) is 20.4 Å². The Morgan fingerprint density at radius 1 is 1.39 bits per heavy atom. The molecule has 1 aromatic heterocycles. The number of thioether (sulfide) groups is 1. The summed E-state index contributed by atoms with van der Waals surface area (Å²) in [5.41, 5.74) is 0.641. The van der Waals surface area contributed by atoms with Gasteiger partial charge in [-0.15, -0.1) is 5.10 Å². The molecule has 122 valence electrons. The molecule has 1 atom stereocenters. The van der Waals surface area contributed by atoms with Crippen LogP contribution in [-0.2, 0) is 4.79 Å². The highest BCUT2D eigenvalue weighted by Crippen LogP contribution is 2.27. The van der Waals surface area contributed by atoms with Crippen LogP contribution in [-0.4, -0.2) is 34.0 Å². The number of hydrogen-bond donors (Lipinski definition) is 2. The Kier molecular flexibility index (Phi) is 5.85. The molecule has 1 heterocycles. The van der Waals surface area contributed by atoms with Crippen molar-refractivity contribution in [2.45, 2.75) is 16.5 Å². The van der Waals surface area contributed by atoms with Gasteiger partial charge >= 0.3 is 6.03 Å². The lowest BCUT2D eigenvalue weighted by Crippen LogP contribution is -2.41. The summed E-state index contributed by atoms with van der Waals surface area (Å²) >= 11 is 7.67. The molecule has 3 amide bonds. The van der Waals surface area contributed by atoms with E-state index in [1.165, 1.54) is 47.0 Å². The first kappa shape index (κ1) is 17.6. The largest absolute Gasteiger partial charge is 0.341 e. The van der Waals surface area contributed by atoms with E-state index in [1.54, 1.807) is 19.1 Å². The van der Waals surface area contributed by atoms with Gasteiger partial charge in [0.25, 0.3) is 0 Å². The van der Waals surface area contributed by atoms with Crippen LogP contribution in [0.2, 0.25) is 0 Å². The van der Waals surface area contributed by atoms with Gasteiger partial charge in [-0.2, -0.15) is 0 Å². The second-order valence-corrected chi connectivity index (χ2v) is 7.56. The summed E-state index contributed by atoms with van der Waals surface area (Å²) in [5.74, 6) is -0.770. The normalized spacial score (nSPS) is 11.8. The summed E-state index contributed by atoms with van der Waals surface area (Å²) in [6, 6.07) is 5.22. The molecule has 0 unspecified atom stereocenters. The van der Waals surface area contributed by atoms with Gasteiger partial charge in [-0.1, -0.05) is 23.1 Å². The van der Waals surface area contributed by atoms with Crippen LogP contribution in [0.4, 0.5) is 9.18 Å². The molecule has 0 aliphatic heterocycles. The van der Waals surface area contributed by atoms with E-state index >= 15 is 0 Å². The Balaban J connectivity index is 2.12. The molecule has 0 aliphatic carbocycles. The standard InChI is InChI=1S/C13H13FN4O2S3/c1-7(10(19)16-11(20)15-2)22-12-17-18(13(21)23-12)9-5-3-8(14)4-6-9/h3-7H,1-2H3,(H2,15,16,19,20)/t7-/m1/s1. The predicted octanol–water partition coefficient (Wildman–Crippen LogP) is 2.74. The molecule has 0 bridgehead atoms. The van der Waals surface area contributed by atoms with Crippen LogP contribution in [0.1, 0.15) is 6.92 Å². The number of carbonyl (C=O) groups excluding carboxylic acids is 2. The molecule has 10 heteroatoms. The Bertz CT molecular complexity index is 772. The number of hydrogen-bond acceptors (Lipinski definition) is 6. The van der Waals surface area contributed by atoms with Gasteiger partial charge in [-0.05, 0) is 43.4 Å². The van der Waals surface area contributed by atoms with Crippen LogP contribution in [0.15, 0.2) is 28.6 Å². The van der Waals surface area contributed by atoms with Crippen LogP contribution >= 0.6 is 35.3 Å². The maximum atomic E-state index is 13.0. The summed E-state index contributed by atoms with van der Waals surface area (Å²) in [4.78, 5) is 23.0. The summed E-state index contributed by atoms with van der Waals surface area (Å²) in [5, 5.41) is 8.31. The fourth-order valence-electron chi connectivity index (χ4n) is 1.53. The van der Waals surface area contributed by atoms with Gasteiger partial charge in [0.05, 0.1) is 10.9 Å². The maximum absolute atomic E-state index is 13.0. The highest BCUT2D eigenvalue weighted by atomic mass is 32.2. The predicted molar refractivity (Wildman–Crippen MR) is 90.2 cm³/mol. The van der Waals surface area contributed by atoms with Gasteiger partial charge in [0.1, 0.15) is 5.82 Å². The molecule has 0 saturated carbocycles. The van der Waals surface area contributed by atoms with Gasteiger partial charge in [0.15, 0.2) is 8.29 Å². The molecule has 0 spiro atoms. The van der Waals surface area contributed by atoms with Crippen LogP contribution < -0.4 is 10.6 Å². The molecule has 2 N–H and O–H groups in total. The minimum Gasteiger partial charge on any atom is -0.341 e. The number of urea groups is 1. The summed E-state index contributed by atoms with van der Waals surface area (Å²) in [6.45, 7) is 1.66. The van der Waals surface area contributed by atoms with Crippen molar-refractivity contribution in [3.8, 4) is 5.69 Å². The minimum absolute atomic E-state index is 0.343. The highest BCUT2D eigenvalue weighted by molar-refractivity contribution is 8.02. The Labute approximate surface area is 145 Å². The molecule has 0 radical (unpaired) electrons. The lowest BCUT2D eigenvalue weighted by atomic mass is 10.3. The molecule has 23 heavy (non-hydrogen) atoms. The molecule has 0 aliphatic rings. The van der Waals surface area contributed by atoms with E-state index in [0.717, 1.165) is 0 Å². The number of halogens is 1. The molecule has 0 fully saturated rings. The molecular weight excluding hydrogens is 359 g/mol. The van der Waals surface area contributed by atoms with Crippen LogP contribution in [0.5, 0.6) is 0 Å². The third-order valence-corrected chi connectivity index (χ3v) is 5.13.